The molecule has 1 fully saturated rings. The first-order chi connectivity index (χ1) is 9.84. The summed E-state index contributed by atoms with van der Waals surface area (Å²) >= 11 is 0. The van der Waals surface area contributed by atoms with Crippen LogP contribution in [0, 0.1) is 11.3 Å². The van der Waals surface area contributed by atoms with Crippen molar-refractivity contribution in [2.75, 3.05) is 19.6 Å². The van der Waals surface area contributed by atoms with E-state index in [-0.39, 0.29) is 17.9 Å². The van der Waals surface area contributed by atoms with Gasteiger partial charge in [0.25, 0.3) is 0 Å². The van der Waals surface area contributed by atoms with E-state index in [2.05, 4.69) is 26.1 Å². The molecule has 0 spiro atoms. The van der Waals surface area contributed by atoms with Gasteiger partial charge in [0.1, 0.15) is 0 Å². The fourth-order valence-corrected chi connectivity index (χ4v) is 2.73. The number of urea groups is 1. The molecule has 0 bridgehead atoms. The third-order valence-electron chi connectivity index (χ3n) is 4.57. The smallest absolute Gasteiger partial charge is 0.317 e. The summed E-state index contributed by atoms with van der Waals surface area (Å²) in [5, 5.41) is 11.7. The number of carbonyl (C=O) groups is 2. The second-order valence-corrected chi connectivity index (χ2v) is 6.88. The van der Waals surface area contributed by atoms with E-state index in [1.165, 1.54) is 6.42 Å². The maximum atomic E-state index is 12.1. The van der Waals surface area contributed by atoms with Crippen molar-refractivity contribution in [1.29, 1.82) is 0 Å². The number of hydrogen-bond donors (Lipinski definition) is 2. The molecule has 0 unspecified atom stereocenters. The predicted molar refractivity (Wildman–Crippen MR) is 83.3 cm³/mol. The number of aliphatic carboxylic acids is 1. The highest BCUT2D eigenvalue weighted by atomic mass is 16.4. The molecule has 21 heavy (non-hydrogen) atoms. The van der Waals surface area contributed by atoms with Crippen LogP contribution in [0.25, 0.3) is 0 Å². The van der Waals surface area contributed by atoms with E-state index in [9.17, 15) is 9.59 Å². The zero-order valence-corrected chi connectivity index (χ0v) is 13.7. The topological polar surface area (TPSA) is 69.6 Å². The quantitative estimate of drug-likeness (QED) is 0.758. The predicted octanol–water partition coefficient (Wildman–Crippen LogP) is 3.10. The Balaban J connectivity index is 2.22. The second-order valence-electron chi connectivity index (χ2n) is 6.88. The molecule has 5 nitrogen and oxygen atoms in total. The van der Waals surface area contributed by atoms with Gasteiger partial charge in [0.15, 0.2) is 0 Å². The first kappa shape index (κ1) is 17.8. The fourth-order valence-electron chi connectivity index (χ4n) is 2.73. The lowest BCUT2D eigenvalue weighted by molar-refractivity contribution is -0.137. The van der Waals surface area contributed by atoms with E-state index in [1.807, 2.05) is 4.90 Å². The van der Waals surface area contributed by atoms with Crippen LogP contribution in [0.3, 0.4) is 0 Å². The number of amides is 2. The minimum absolute atomic E-state index is 0.0265. The lowest BCUT2D eigenvalue weighted by atomic mass is 9.84. The molecule has 122 valence electrons. The van der Waals surface area contributed by atoms with Crippen LogP contribution in [0.1, 0.15) is 59.3 Å². The van der Waals surface area contributed by atoms with Crippen molar-refractivity contribution in [2.24, 2.45) is 11.3 Å². The monoisotopic (exact) mass is 298 g/mol. The summed E-state index contributed by atoms with van der Waals surface area (Å²) in [6, 6.07) is 0.0265. The highest BCUT2D eigenvalue weighted by molar-refractivity contribution is 5.74. The molecule has 0 radical (unpaired) electrons. The van der Waals surface area contributed by atoms with Crippen LogP contribution >= 0.6 is 0 Å². The molecule has 1 aliphatic heterocycles. The van der Waals surface area contributed by atoms with Crippen molar-refractivity contribution in [3.05, 3.63) is 0 Å². The molecular weight excluding hydrogens is 268 g/mol. The summed E-state index contributed by atoms with van der Waals surface area (Å²) in [7, 11) is 0. The molecule has 5 heteroatoms. The molecule has 1 aliphatic rings. The molecule has 0 aromatic heterocycles. The Morgan fingerprint density at radius 3 is 2.38 bits per heavy atom. The molecule has 1 rings (SSSR count). The van der Waals surface area contributed by atoms with E-state index < -0.39 is 5.97 Å². The summed E-state index contributed by atoms with van der Waals surface area (Å²) in [5.41, 5.74) is -0.0547. The lowest BCUT2D eigenvalue weighted by Crippen LogP contribution is -2.45. The molecular formula is C16H30N2O3. The van der Waals surface area contributed by atoms with Gasteiger partial charge in [-0.05, 0) is 37.0 Å². The fraction of sp³-hybridized carbons (Fsp3) is 0.875. The Bertz CT molecular complexity index is 347. The van der Waals surface area contributed by atoms with Gasteiger partial charge in [-0.1, -0.05) is 27.2 Å². The Morgan fingerprint density at radius 2 is 1.86 bits per heavy atom. The molecule has 0 aromatic rings. The summed E-state index contributed by atoms with van der Waals surface area (Å²) in [6.45, 7) is 8.63. The van der Waals surface area contributed by atoms with Crippen molar-refractivity contribution in [3.63, 3.8) is 0 Å². The first-order valence-electron chi connectivity index (χ1n) is 8.08. The SMILES string of the molecule is CCC1CCN(C(=O)NCCC(C)(C)CCC(=O)O)CC1. The second kappa shape index (κ2) is 8.25. The maximum Gasteiger partial charge on any atom is 0.317 e. The van der Waals surface area contributed by atoms with Crippen LogP contribution in [-0.4, -0.2) is 41.6 Å². The average Bonchev–Trinajstić information content (AvgIpc) is 2.45. The van der Waals surface area contributed by atoms with Gasteiger partial charge in [-0.2, -0.15) is 0 Å². The number of carbonyl (C=O) groups excluding carboxylic acids is 1. The Kier molecular flexibility index (Phi) is 6.99. The standard InChI is InChI=1S/C16H30N2O3/c1-4-13-6-11-18(12-7-13)15(21)17-10-9-16(2,3)8-5-14(19)20/h13H,4-12H2,1-3H3,(H,17,21)(H,19,20). The molecule has 1 heterocycles. The number of rotatable bonds is 7. The number of carboxylic acids is 1. The lowest BCUT2D eigenvalue weighted by Gasteiger charge is -2.32. The molecule has 2 amide bonds. The summed E-state index contributed by atoms with van der Waals surface area (Å²) in [5.74, 6) is 0.00917. The largest absolute Gasteiger partial charge is 0.481 e. The highest BCUT2D eigenvalue weighted by Crippen LogP contribution is 2.26. The zero-order chi connectivity index (χ0) is 15.9. The number of likely N-dealkylation sites (tertiary alicyclic amines) is 1. The van der Waals surface area contributed by atoms with Crippen molar-refractivity contribution in [1.82, 2.24) is 10.2 Å². The minimum atomic E-state index is -0.758. The van der Waals surface area contributed by atoms with Gasteiger partial charge in [-0.3, -0.25) is 4.79 Å². The van der Waals surface area contributed by atoms with E-state index in [4.69, 9.17) is 5.11 Å². The van der Waals surface area contributed by atoms with Crippen molar-refractivity contribution in [2.45, 2.75) is 59.3 Å². The number of hydrogen-bond acceptors (Lipinski definition) is 2. The number of piperidine rings is 1. The van der Waals surface area contributed by atoms with E-state index >= 15 is 0 Å². The summed E-state index contributed by atoms with van der Waals surface area (Å²) in [6.07, 6.45) is 5.04. The van der Waals surface area contributed by atoms with Gasteiger partial charge in [0.05, 0.1) is 0 Å². The van der Waals surface area contributed by atoms with Crippen LogP contribution < -0.4 is 5.32 Å². The molecule has 0 atom stereocenters. The molecule has 2 N–H and O–H groups in total. The normalized spacial score (nSPS) is 16.8. The Morgan fingerprint density at radius 1 is 1.24 bits per heavy atom. The van der Waals surface area contributed by atoms with Gasteiger partial charge in [0.2, 0.25) is 0 Å². The average molecular weight is 298 g/mol. The number of nitrogens with zero attached hydrogens (tertiary/aromatic N) is 1. The van der Waals surface area contributed by atoms with Gasteiger partial charge < -0.3 is 15.3 Å². The van der Waals surface area contributed by atoms with Crippen molar-refractivity contribution < 1.29 is 14.7 Å². The Labute approximate surface area is 128 Å². The molecule has 0 aromatic carbocycles. The van der Waals surface area contributed by atoms with E-state index in [0.29, 0.717) is 13.0 Å². The van der Waals surface area contributed by atoms with E-state index in [1.54, 1.807) is 0 Å². The van der Waals surface area contributed by atoms with E-state index in [0.717, 1.165) is 38.3 Å². The van der Waals surface area contributed by atoms with Gasteiger partial charge in [-0.15, -0.1) is 0 Å². The van der Waals surface area contributed by atoms with Crippen LogP contribution in [0.4, 0.5) is 4.79 Å². The van der Waals surface area contributed by atoms with Gasteiger partial charge in [-0.25, -0.2) is 4.79 Å². The van der Waals surface area contributed by atoms with Crippen molar-refractivity contribution >= 4 is 12.0 Å². The number of nitrogens with one attached hydrogen (secondary N) is 1. The van der Waals surface area contributed by atoms with Gasteiger partial charge >= 0.3 is 12.0 Å². The third kappa shape index (κ3) is 6.82. The van der Waals surface area contributed by atoms with Crippen molar-refractivity contribution in [3.8, 4) is 0 Å². The maximum absolute atomic E-state index is 12.1. The first-order valence-corrected chi connectivity index (χ1v) is 8.08. The molecule has 0 saturated carbocycles. The van der Waals surface area contributed by atoms with Crippen LogP contribution in [-0.2, 0) is 4.79 Å². The minimum Gasteiger partial charge on any atom is -0.481 e. The van der Waals surface area contributed by atoms with Crippen LogP contribution in [0.15, 0.2) is 0 Å². The third-order valence-corrected chi connectivity index (χ3v) is 4.57. The Hall–Kier alpha value is -1.26. The zero-order valence-electron chi connectivity index (χ0n) is 13.7. The summed E-state index contributed by atoms with van der Waals surface area (Å²) in [4.78, 5) is 24.6. The highest BCUT2D eigenvalue weighted by Gasteiger charge is 2.23. The number of carboxylic acid groups (broad SMARTS) is 1. The van der Waals surface area contributed by atoms with Gasteiger partial charge in [0, 0.05) is 26.1 Å². The summed E-state index contributed by atoms with van der Waals surface area (Å²) < 4.78 is 0. The molecule has 1 saturated heterocycles. The van der Waals surface area contributed by atoms with Crippen LogP contribution in [0.5, 0.6) is 0 Å². The van der Waals surface area contributed by atoms with Crippen LogP contribution in [0.2, 0.25) is 0 Å². The molecule has 0 aliphatic carbocycles.